The second-order valence-electron chi connectivity index (χ2n) is 4.39. The van der Waals surface area contributed by atoms with Crippen LogP contribution in [-0.4, -0.2) is 25.5 Å². The fourth-order valence-corrected chi connectivity index (χ4v) is 1.98. The van der Waals surface area contributed by atoms with Crippen molar-refractivity contribution in [3.05, 3.63) is 33.8 Å². The van der Waals surface area contributed by atoms with Gasteiger partial charge in [-0.25, -0.2) is 0 Å². The molecule has 1 amide bonds. The Hall–Kier alpha value is -1.63. The van der Waals surface area contributed by atoms with Crippen molar-refractivity contribution in [1.29, 1.82) is 0 Å². The molecule has 0 fully saturated rings. The molecule has 2 aromatic heterocycles. The molecule has 0 aromatic carbocycles. The molecule has 0 saturated heterocycles. The smallest absolute Gasteiger partial charge is 0.242 e. The standard InChI is InChI=1S/C12H16BrN5O/c1-8-10(5-15-17(8)3)4-14-12(19)7-18-9(2)11(13)6-16-18/h5-6H,4,7H2,1-3H3,(H,14,19). The van der Waals surface area contributed by atoms with Crippen LogP contribution in [0.5, 0.6) is 0 Å². The number of aryl methyl sites for hydroxylation is 1. The summed E-state index contributed by atoms with van der Waals surface area (Å²) in [4.78, 5) is 11.9. The highest BCUT2D eigenvalue weighted by molar-refractivity contribution is 9.10. The number of aromatic nitrogens is 4. The molecule has 0 aliphatic carbocycles. The van der Waals surface area contributed by atoms with E-state index in [-0.39, 0.29) is 12.5 Å². The zero-order valence-corrected chi connectivity index (χ0v) is 12.7. The van der Waals surface area contributed by atoms with E-state index in [0.29, 0.717) is 6.54 Å². The predicted molar refractivity (Wildman–Crippen MR) is 74.5 cm³/mol. The third-order valence-electron chi connectivity index (χ3n) is 3.15. The summed E-state index contributed by atoms with van der Waals surface area (Å²) in [5.74, 6) is -0.0676. The Labute approximate surface area is 119 Å². The van der Waals surface area contributed by atoms with Gasteiger partial charge in [0.15, 0.2) is 0 Å². The maximum absolute atomic E-state index is 11.9. The largest absolute Gasteiger partial charge is 0.350 e. The molecule has 1 N–H and O–H groups in total. The minimum absolute atomic E-state index is 0.0676. The first-order valence-electron chi connectivity index (χ1n) is 5.91. The number of rotatable bonds is 4. The average Bonchev–Trinajstić information content (AvgIpc) is 2.86. The van der Waals surface area contributed by atoms with Gasteiger partial charge in [-0.1, -0.05) is 0 Å². The minimum atomic E-state index is -0.0676. The van der Waals surface area contributed by atoms with Crippen LogP contribution in [-0.2, 0) is 24.9 Å². The normalized spacial score (nSPS) is 10.7. The van der Waals surface area contributed by atoms with Gasteiger partial charge in [0.1, 0.15) is 6.54 Å². The molecule has 19 heavy (non-hydrogen) atoms. The van der Waals surface area contributed by atoms with Crippen LogP contribution < -0.4 is 5.32 Å². The van der Waals surface area contributed by atoms with E-state index in [4.69, 9.17) is 0 Å². The van der Waals surface area contributed by atoms with Gasteiger partial charge in [0.25, 0.3) is 0 Å². The summed E-state index contributed by atoms with van der Waals surface area (Å²) >= 11 is 3.37. The number of nitrogens with one attached hydrogen (secondary N) is 1. The van der Waals surface area contributed by atoms with E-state index in [9.17, 15) is 4.79 Å². The molecule has 0 atom stereocenters. The number of hydrogen-bond acceptors (Lipinski definition) is 3. The Kier molecular flexibility index (Phi) is 4.04. The summed E-state index contributed by atoms with van der Waals surface area (Å²) in [6.45, 7) is 4.59. The summed E-state index contributed by atoms with van der Waals surface area (Å²) in [6.07, 6.45) is 3.46. The predicted octanol–water partition coefficient (Wildman–Crippen LogP) is 1.31. The van der Waals surface area contributed by atoms with Gasteiger partial charge in [-0.3, -0.25) is 14.2 Å². The molecule has 102 valence electrons. The van der Waals surface area contributed by atoms with Crippen molar-refractivity contribution in [1.82, 2.24) is 24.9 Å². The second kappa shape index (κ2) is 5.56. The molecular formula is C12H16BrN5O. The van der Waals surface area contributed by atoms with Gasteiger partial charge in [-0.15, -0.1) is 0 Å². The zero-order valence-electron chi connectivity index (χ0n) is 11.1. The van der Waals surface area contributed by atoms with E-state index in [1.165, 1.54) is 0 Å². The lowest BCUT2D eigenvalue weighted by Crippen LogP contribution is -2.28. The molecule has 7 heteroatoms. The van der Waals surface area contributed by atoms with Gasteiger partial charge in [0.2, 0.25) is 5.91 Å². The number of nitrogens with zero attached hydrogens (tertiary/aromatic N) is 4. The van der Waals surface area contributed by atoms with Crippen molar-refractivity contribution in [2.24, 2.45) is 7.05 Å². The number of amides is 1. The summed E-state index contributed by atoms with van der Waals surface area (Å²) in [6, 6.07) is 0. The van der Waals surface area contributed by atoms with E-state index in [1.54, 1.807) is 21.8 Å². The molecule has 0 aliphatic rings. The van der Waals surface area contributed by atoms with Crippen LogP contribution in [0.1, 0.15) is 17.0 Å². The highest BCUT2D eigenvalue weighted by Gasteiger charge is 2.09. The van der Waals surface area contributed by atoms with Crippen LogP contribution in [0, 0.1) is 13.8 Å². The molecule has 0 saturated carbocycles. The number of carbonyl (C=O) groups excluding carboxylic acids is 1. The lowest BCUT2D eigenvalue weighted by atomic mass is 10.2. The van der Waals surface area contributed by atoms with Crippen molar-refractivity contribution < 1.29 is 4.79 Å². The summed E-state index contributed by atoms with van der Waals surface area (Å²) in [5, 5.41) is 11.1. The Morgan fingerprint density at radius 1 is 1.32 bits per heavy atom. The average molecular weight is 326 g/mol. The van der Waals surface area contributed by atoms with E-state index in [0.717, 1.165) is 21.4 Å². The SMILES string of the molecule is Cc1c(CNC(=O)Cn2ncc(Br)c2C)cnn1C. The summed E-state index contributed by atoms with van der Waals surface area (Å²) in [7, 11) is 1.88. The highest BCUT2D eigenvalue weighted by Crippen LogP contribution is 2.13. The van der Waals surface area contributed by atoms with Gasteiger partial charge in [-0.2, -0.15) is 10.2 Å². The molecule has 6 nitrogen and oxygen atoms in total. The number of halogens is 1. The van der Waals surface area contributed by atoms with E-state index in [1.807, 2.05) is 20.9 Å². The van der Waals surface area contributed by atoms with Crippen molar-refractivity contribution in [3.8, 4) is 0 Å². The monoisotopic (exact) mass is 325 g/mol. The first-order valence-corrected chi connectivity index (χ1v) is 6.70. The molecule has 2 rings (SSSR count). The van der Waals surface area contributed by atoms with E-state index < -0.39 is 0 Å². The quantitative estimate of drug-likeness (QED) is 0.921. The summed E-state index contributed by atoms with van der Waals surface area (Å²) < 4.78 is 4.36. The van der Waals surface area contributed by atoms with E-state index in [2.05, 4.69) is 31.4 Å². The van der Waals surface area contributed by atoms with Crippen molar-refractivity contribution in [2.45, 2.75) is 26.9 Å². The van der Waals surface area contributed by atoms with Crippen LogP contribution in [0.25, 0.3) is 0 Å². The maximum atomic E-state index is 11.9. The van der Waals surface area contributed by atoms with Gasteiger partial charge in [0.05, 0.1) is 22.6 Å². The molecule has 2 heterocycles. The van der Waals surface area contributed by atoms with Crippen LogP contribution >= 0.6 is 15.9 Å². The van der Waals surface area contributed by atoms with Gasteiger partial charge >= 0.3 is 0 Å². The Balaban J connectivity index is 1.92. The molecule has 0 aliphatic heterocycles. The fourth-order valence-electron chi connectivity index (χ4n) is 1.69. The molecule has 2 aromatic rings. The third-order valence-corrected chi connectivity index (χ3v) is 3.93. The van der Waals surface area contributed by atoms with Crippen molar-refractivity contribution in [3.63, 3.8) is 0 Å². The molecule has 0 bridgehead atoms. The first kappa shape index (κ1) is 13.8. The fraction of sp³-hybridized carbons (Fsp3) is 0.417. The van der Waals surface area contributed by atoms with Crippen LogP contribution in [0.15, 0.2) is 16.9 Å². The number of carbonyl (C=O) groups is 1. The first-order chi connectivity index (χ1) is 8.99. The maximum Gasteiger partial charge on any atom is 0.242 e. The lowest BCUT2D eigenvalue weighted by molar-refractivity contribution is -0.122. The lowest BCUT2D eigenvalue weighted by Gasteiger charge is -2.06. The third kappa shape index (κ3) is 3.04. The van der Waals surface area contributed by atoms with Crippen molar-refractivity contribution in [2.75, 3.05) is 0 Å². The van der Waals surface area contributed by atoms with Crippen LogP contribution in [0.4, 0.5) is 0 Å². The van der Waals surface area contributed by atoms with Crippen LogP contribution in [0.3, 0.4) is 0 Å². The molecule has 0 unspecified atom stereocenters. The Morgan fingerprint density at radius 2 is 2.05 bits per heavy atom. The van der Waals surface area contributed by atoms with E-state index >= 15 is 0 Å². The van der Waals surface area contributed by atoms with Gasteiger partial charge < -0.3 is 5.32 Å². The molecular weight excluding hydrogens is 310 g/mol. The molecule has 0 radical (unpaired) electrons. The topological polar surface area (TPSA) is 64.7 Å². The van der Waals surface area contributed by atoms with Crippen molar-refractivity contribution >= 4 is 21.8 Å². The second-order valence-corrected chi connectivity index (χ2v) is 5.25. The molecule has 0 spiro atoms. The van der Waals surface area contributed by atoms with Gasteiger partial charge in [0, 0.05) is 24.8 Å². The van der Waals surface area contributed by atoms with Gasteiger partial charge in [-0.05, 0) is 29.8 Å². The Bertz CT molecular complexity index is 601. The number of hydrogen-bond donors (Lipinski definition) is 1. The summed E-state index contributed by atoms with van der Waals surface area (Å²) in [5.41, 5.74) is 3.01. The Morgan fingerprint density at radius 3 is 2.58 bits per heavy atom. The minimum Gasteiger partial charge on any atom is -0.350 e. The van der Waals surface area contributed by atoms with Crippen LogP contribution in [0.2, 0.25) is 0 Å². The zero-order chi connectivity index (χ0) is 14.0. The highest BCUT2D eigenvalue weighted by atomic mass is 79.9.